The number of ether oxygens (including phenoxy) is 3. The zero-order valence-corrected chi connectivity index (χ0v) is 18.6. The molecule has 0 saturated carbocycles. The summed E-state index contributed by atoms with van der Waals surface area (Å²) in [5, 5.41) is 1.79. The summed E-state index contributed by atoms with van der Waals surface area (Å²) in [5.74, 6) is -0.410. The summed E-state index contributed by atoms with van der Waals surface area (Å²) in [4.78, 5) is 32.1. The lowest BCUT2D eigenvalue weighted by molar-refractivity contribution is -0.241. The van der Waals surface area contributed by atoms with E-state index in [1.807, 2.05) is 65.0 Å². The summed E-state index contributed by atoms with van der Waals surface area (Å²) in [6, 6.07) is 9.31. The van der Waals surface area contributed by atoms with Crippen LogP contribution in [0.2, 0.25) is 0 Å². The average Bonchev–Trinajstić information content (AvgIpc) is 3.13. The minimum atomic E-state index is -0.828. The first-order valence-corrected chi connectivity index (χ1v) is 10.3. The van der Waals surface area contributed by atoms with Crippen molar-refractivity contribution in [1.82, 2.24) is 9.96 Å². The highest BCUT2D eigenvalue weighted by atomic mass is 16.8. The Morgan fingerprint density at radius 1 is 1.17 bits per heavy atom. The molecule has 2 aliphatic rings. The summed E-state index contributed by atoms with van der Waals surface area (Å²) in [5.41, 5.74) is -0.408. The third-order valence-corrected chi connectivity index (χ3v) is 5.09. The quantitative estimate of drug-likeness (QED) is 0.691. The Labute approximate surface area is 178 Å². The van der Waals surface area contributed by atoms with Gasteiger partial charge in [-0.3, -0.25) is 14.5 Å². The van der Waals surface area contributed by atoms with Crippen molar-refractivity contribution in [2.75, 3.05) is 6.61 Å². The normalized spacial score (nSPS) is 26.6. The van der Waals surface area contributed by atoms with Crippen LogP contribution in [0.4, 0.5) is 4.79 Å². The molecule has 0 unspecified atom stereocenters. The van der Waals surface area contributed by atoms with E-state index in [-0.39, 0.29) is 12.1 Å². The maximum absolute atomic E-state index is 13.0. The van der Waals surface area contributed by atoms with E-state index in [9.17, 15) is 9.59 Å². The maximum atomic E-state index is 13.0. The molecule has 1 aromatic carbocycles. The van der Waals surface area contributed by atoms with Gasteiger partial charge < -0.3 is 14.2 Å². The highest BCUT2D eigenvalue weighted by Gasteiger charge is 2.53. The van der Waals surface area contributed by atoms with Gasteiger partial charge in [-0.15, -0.1) is 0 Å². The van der Waals surface area contributed by atoms with Crippen molar-refractivity contribution < 1.29 is 28.6 Å². The number of carbonyl (C=O) groups excluding carboxylic acids is 2. The van der Waals surface area contributed by atoms with Gasteiger partial charge >= 0.3 is 12.1 Å². The molecule has 0 aromatic heterocycles. The van der Waals surface area contributed by atoms with E-state index in [0.29, 0.717) is 19.6 Å². The molecular formula is C22H32N2O6. The summed E-state index contributed by atoms with van der Waals surface area (Å²) >= 11 is 0. The molecule has 166 valence electrons. The van der Waals surface area contributed by atoms with Crippen molar-refractivity contribution in [2.45, 2.75) is 84.2 Å². The third-order valence-electron chi connectivity index (χ3n) is 5.09. The first-order valence-electron chi connectivity index (χ1n) is 10.3. The minimum absolute atomic E-state index is 0.233. The Balaban J connectivity index is 1.85. The zero-order valence-electron chi connectivity index (χ0n) is 18.6. The van der Waals surface area contributed by atoms with Crippen LogP contribution in [-0.2, 0) is 30.4 Å². The number of rotatable bonds is 4. The number of hydrogen-bond donors (Lipinski definition) is 0. The summed E-state index contributed by atoms with van der Waals surface area (Å²) in [7, 11) is 0. The van der Waals surface area contributed by atoms with E-state index in [1.165, 1.54) is 6.92 Å². The van der Waals surface area contributed by atoms with Crippen LogP contribution in [0.5, 0.6) is 0 Å². The van der Waals surface area contributed by atoms with Crippen LogP contribution in [-0.4, -0.2) is 58.3 Å². The third kappa shape index (κ3) is 5.30. The van der Waals surface area contributed by atoms with Crippen LogP contribution >= 0.6 is 0 Å². The first kappa shape index (κ1) is 22.5. The smallest absolute Gasteiger partial charge is 0.412 e. The fraction of sp³-hybridized carbons (Fsp3) is 0.636. The molecule has 2 aliphatic heterocycles. The van der Waals surface area contributed by atoms with Gasteiger partial charge in [0.1, 0.15) is 11.3 Å². The molecular weight excluding hydrogens is 388 g/mol. The molecule has 1 aromatic rings. The van der Waals surface area contributed by atoms with E-state index in [1.54, 1.807) is 9.96 Å². The Kier molecular flexibility index (Phi) is 6.40. The van der Waals surface area contributed by atoms with Crippen molar-refractivity contribution in [3.05, 3.63) is 35.9 Å². The van der Waals surface area contributed by atoms with Gasteiger partial charge in [0.15, 0.2) is 0 Å². The van der Waals surface area contributed by atoms with Crippen LogP contribution in [0.3, 0.4) is 0 Å². The van der Waals surface area contributed by atoms with Crippen molar-refractivity contribution in [1.29, 1.82) is 0 Å². The standard InChI is InChI=1S/C22H32N2O6/c1-15(25)28-19-12-17(23(30-19)13-16-10-8-7-9-11-16)18-14-27-22(5,6)24(18)20(26)29-21(2,3)4/h7-11,17-19H,12-14H2,1-6H3/t17-,18-,19+/m0/s1. The molecule has 2 heterocycles. The second kappa shape index (κ2) is 8.53. The SMILES string of the molecule is CC(=O)O[C@H]1C[C@@H]([C@@H]2COC(C)(C)N2C(=O)OC(C)(C)C)N(Cc2ccccc2)O1. The van der Waals surface area contributed by atoms with Crippen molar-refractivity contribution >= 4 is 12.1 Å². The van der Waals surface area contributed by atoms with Crippen molar-refractivity contribution in [2.24, 2.45) is 0 Å². The predicted octanol–water partition coefficient (Wildman–Crippen LogP) is 3.45. The lowest BCUT2D eigenvalue weighted by Crippen LogP contribution is -2.55. The number of hydrogen-bond acceptors (Lipinski definition) is 7. The van der Waals surface area contributed by atoms with Crippen LogP contribution in [0.1, 0.15) is 53.5 Å². The highest BCUT2D eigenvalue weighted by molar-refractivity contribution is 5.70. The van der Waals surface area contributed by atoms with Gasteiger partial charge in [-0.25, -0.2) is 4.79 Å². The molecule has 8 nitrogen and oxygen atoms in total. The average molecular weight is 421 g/mol. The molecule has 0 radical (unpaired) electrons. The molecule has 0 spiro atoms. The predicted molar refractivity (Wildman–Crippen MR) is 109 cm³/mol. The molecule has 3 rings (SSSR count). The zero-order chi connectivity index (χ0) is 22.1. The molecule has 8 heteroatoms. The number of hydroxylamine groups is 2. The molecule has 2 fully saturated rings. The monoisotopic (exact) mass is 420 g/mol. The van der Waals surface area contributed by atoms with Gasteiger partial charge in [0, 0.05) is 19.9 Å². The molecule has 0 N–H and O–H groups in total. The molecule has 0 bridgehead atoms. The molecule has 0 aliphatic carbocycles. The Morgan fingerprint density at radius 2 is 1.83 bits per heavy atom. The number of benzene rings is 1. The van der Waals surface area contributed by atoms with E-state index < -0.39 is 29.7 Å². The highest BCUT2D eigenvalue weighted by Crippen LogP contribution is 2.37. The van der Waals surface area contributed by atoms with Crippen molar-refractivity contribution in [3.8, 4) is 0 Å². The van der Waals surface area contributed by atoms with Crippen LogP contribution in [0.25, 0.3) is 0 Å². The second-order valence-electron chi connectivity index (χ2n) is 9.18. The van der Waals surface area contributed by atoms with Gasteiger partial charge in [-0.2, -0.15) is 5.06 Å². The summed E-state index contributed by atoms with van der Waals surface area (Å²) < 4.78 is 16.9. The summed E-state index contributed by atoms with van der Waals surface area (Å²) in [6.07, 6.45) is -0.721. The molecule has 3 atom stereocenters. The van der Waals surface area contributed by atoms with E-state index in [2.05, 4.69) is 0 Å². The molecule has 1 amide bonds. The number of esters is 1. The van der Waals surface area contributed by atoms with Crippen LogP contribution in [0.15, 0.2) is 30.3 Å². The number of carbonyl (C=O) groups is 2. The fourth-order valence-corrected chi connectivity index (χ4v) is 3.89. The van der Waals surface area contributed by atoms with E-state index in [4.69, 9.17) is 19.0 Å². The van der Waals surface area contributed by atoms with Gasteiger partial charge in [0.2, 0.25) is 6.29 Å². The lowest BCUT2D eigenvalue weighted by atomic mass is 10.0. The minimum Gasteiger partial charge on any atom is -0.444 e. The fourth-order valence-electron chi connectivity index (χ4n) is 3.89. The number of nitrogens with zero attached hydrogens (tertiary/aromatic N) is 2. The molecule has 30 heavy (non-hydrogen) atoms. The van der Waals surface area contributed by atoms with Crippen LogP contribution < -0.4 is 0 Å². The topological polar surface area (TPSA) is 77.5 Å². The number of amides is 1. The Hall–Kier alpha value is -2.16. The summed E-state index contributed by atoms with van der Waals surface area (Å²) in [6.45, 7) is 11.4. The van der Waals surface area contributed by atoms with E-state index in [0.717, 1.165) is 5.56 Å². The second-order valence-corrected chi connectivity index (χ2v) is 9.18. The van der Waals surface area contributed by atoms with Gasteiger partial charge in [0.25, 0.3) is 0 Å². The molecule has 2 saturated heterocycles. The van der Waals surface area contributed by atoms with Gasteiger partial charge in [-0.1, -0.05) is 30.3 Å². The maximum Gasteiger partial charge on any atom is 0.412 e. The van der Waals surface area contributed by atoms with Gasteiger partial charge in [-0.05, 0) is 40.2 Å². The van der Waals surface area contributed by atoms with Gasteiger partial charge in [0.05, 0.1) is 18.7 Å². The van der Waals surface area contributed by atoms with E-state index >= 15 is 0 Å². The first-order chi connectivity index (χ1) is 14.0. The Bertz CT molecular complexity index is 761. The Morgan fingerprint density at radius 3 is 2.43 bits per heavy atom. The largest absolute Gasteiger partial charge is 0.444 e. The lowest BCUT2D eigenvalue weighted by Gasteiger charge is -2.38. The van der Waals surface area contributed by atoms with Crippen molar-refractivity contribution in [3.63, 3.8) is 0 Å². The van der Waals surface area contributed by atoms with Crippen LogP contribution in [0, 0.1) is 0 Å².